The quantitative estimate of drug-likeness (QED) is 0.819. The number of aliphatic hydroxyl groups is 1. The molecule has 1 aromatic carbocycles. The average molecular weight is 218 g/mol. The molecule has 0 spiro atoms. The van der Waals surface area contributed by atoms with E-state index in [9.17, 15) is 5.11 Å². The molecule has 0 heterocycles. The molecule has 1 atom stereocenters. The summed E-state index contributed by atoms with van der Waals surface area (Å²) in [6, 6.07) is 10.5. The van der Waals surface area contributed by atoms with Crippen molar-refractivity contribution in [3.8, 4) is 0 Å². The van der Waals surface area contributed by atoms with Gasteiger partial charge in [0.05, 0.1) is 6.10 Å². The second-order valence-corrected chi connectivity index (χ2v) is 4.99. The second-order valence-electron chi connectivity index (χ2n) is 4.99. The van der Waals surface area contributed by atoms with Gasteiger partial charge >= 0.3 is 0 Å². The van der Waals surface area contributed by atoms with Crippen LogP contribution in [0, 0.1) is 5.92 Å². The van der Waals surface area contributed by atoms with Crippen LogP contribution in [0.15, 0.2) is 30.3 Å². The molecule has 1 aliphatic rings. The Kier molecular flexibility index (Phi) is 4.41. The largest absolute Gasteiger partial charge is 0.393 e. The molecule has 88 valence electrons. The molecular weight excluding hydrogens is 196 g/mol. The first-order valence-corrected chi connectivity index (χ1v) is 6.58. The Balaban J connectivity index is 1.76. The SMILES string of the molecule is O[C@@H](CCc1ccccc1)C1CCCCC1. The van der Waals surface area contributed by atoms with Crippen LogP contribution in [0.1, 0.15) is 44.1 Å². The zero-order valence-electron chi connectivity index (χ0n) is 9.94. The fraction of sp³-hybridized carbons (Fsp3) is 0.600. The Morgan fingerprint density at radius 1 is 1.06 bits per heavy atom. The zero-order valence-corrected chi connectivity index (χ0v) is 9.94. The molecule has 1 nitrogen and oxygen atoms in total. The summed E-state index contributed by atoms with van der Waals surface area (Å²) >= 11 is 0. The average Bonchev–Trinajstić information content (AvgIpc) is 2.38. The first-order chi connectivity index (χ1) is 7.86. The number of hydrogen-bond acceptors (Lipinski definition) is 1. The van der Waals surface area contributed by atoms with E-state index in [0.717, 1.165) is 12.8 Å². The van der Waals surface area contributed by atoms with Crippen molar-refractivity contribution in [2.45, 2.75) is 51.0 Å². The Morgan fingerprint density at radius 2 is 1.75 bits per heavy atom. The van der Waals surface area contributed by atoms with Crippen LogP contribution in [-0.2, 0) is 6.42 Å². The van der Waals surface area contributed by atoms with Gasteiger partial charge in [-0.1, -0.05) is 49.6 Å². The zero-order chi connectivity index (χ0) is 11.2. The third kappa shape index (κ3) is 3.34. The predicted octanol–water partition coefficient (Wildman–Crippen LogP) is 3.56. The molecule has 1 aromatic rings. The lowest BCUT2D eigenvalue weighted by Gasteiger charge is -2.26. The van der Waals surface area contributed by atoms with E-state index in [2.05, 4.69) is 24.3 Å². The summed E-state index contributed by atoms with van der Waals surface area (Å²) in [4.78, 5) is 0. The van der Waals surface area contributed by atoms with Crippen LogP contribution in [0.25, 0.3) is 0 Å². The maximum atomic E-state index is 10.1. The molecule has 1 heteroatoms. The van der Waals surface area contributed by atoms with Crippen LogP contribution in [0.5, 0.6) is 0 Å². The molecule has 1 fully saturated rings. The van der Waals surface area contributed by atoms with Crippen LogP contribution >= 0.6 is 0 Å². The van der Waals surface area contributed by atoms with Gasteiger partial charge in [-0.25, -0.2) is 0 Å². The summed E-state index contributed by atoms with van der Waals surface area (Å²) in [5, 5.41) is 10.1. The minimum atomic E-state index is -0.0829. The standard InChI is InChI=1S/C15H22O/c16-15(14-9-5-2-6-10-14)12-11-13-7-3-1-4-8-13/h1,3-4,7-8,14-16H,2,5-6,9-12H2/t15-/m0/s1. The summed E-state index contributed by atoms with van der Waals surface area (Å²) in [5.74, 6) is 0.567. The molecular formula is C15H22O. The molecule has 1 aliphatic carbocycles. The van der Waals surface area contributed by atoms with Crippen LogP contribution < -0.4 is 0 Å². The summed E-state index contributed by atoms with van der Waals surface area (Å²) in [7, 11) is 0. The summed E-state index contributed by atoms with van der Waals surface area (Å²) in [6.07, 6.45) is 8.31. The lowest BCUT2D eigenvalue weighted by atomic mass is 9.83. The molecule has 16 heavy (non-hydrogen) atoms. The van der Waals surface area contributed by atoms with Crippen molar-refractivity contribution >= 4 is 0 Å². The van der Waals surface area contributed by atoms with Gasteiger partial charge in [0, 0.05) is 0 Å². The number of rotatable bonds is 4. The normalized spacial score (nSPS) is 19.6. The molecule has 1 saturated carbocycles. The molecule has 1 N–H and O–H groups in total. The lowest BCUT2D eigenvalue weighted by molar-refractivity contribution is 0.0775. The summed E-state index contributed by atoms with van der Waals surface area (Å²) in [5.41, 5.74) is 1.34. The van der Waals surface area contributed by atoms with Gasteiger partial charge in [0.1, 0.15) is 0 Å². The third-order valence-corrected chi connectivity index (χ3v) is 3.77. The Bertz CT molecular complexity index is 288. The number of hydrogen-bond donors (Lipinski definition) is 1. The number of benzene rings is 1. The third-order valence-electron chi connectivity index (χ3n) is 3.77. The second kappa shape index (κ2) is 6.05. The molecule has 2 rings (SSSR count). The highest BCUT2D eigenvalue weighted by atomic mass is 16.3. The maximum Gasteiger partial charge on any atom is 0.0571 e. The Hall–Kier alpha value is -0.820. The molecule has 0 radical (unpaired) electrons. The van der Waals surface area contributed by atoms with Gasteiger partial charge in [-0.15, -0.1) is 0 Å². The van der Waals surface area contributed by atoms with Crippen LogP contribution in [0.3, 0.4) is 0 Å². The van der Waals surface area contributed by atoms with Crippen LogP contribution in [-0.4, -0.2) is 11.2 Å². The van der Waals surface area contributed by atoms with E-state index in [-0.39, 0.29) is 6.10 Å². The first-order valence-electron chi connectivity index (χ1n) is 6.58. The Labute approximate surface area is 98.5 Å². The van der Waals surface area contributed by atoms with Crippen molar-refractivity contribution < 1.29 is 5.11 Å². The highest BCUT2D eigenvalue weighted by Gasteiger charge is 2.21. The molecule has 0 amide bonds. The van der Waals surface area contributed by atoms with E-state index in [1.165, 1.54) is 37.7 Å². The molecule has 0 aliphatic heterocycles. The fourth-order valence-corrected chi connectivity index (χ4v) is 2.71. The summed E-state index contributed by atoms with van der Waals surface area (Å²) in [6.45, 7) is 0. The fourth-order valence-electron chi connectivity index (χ4n) is 2.71. The summed E-state index contributed by atoms with van der Waals surface area (Å²) < 4.78 is 0. The van der Waals surface area contributed by atoms with Gasteiger partial charge in [0.25, 0.3) is 0 Å². The van der Waals surface area contributed by atoms with E-state index in [1.54, 1.807) is 0 Å². The predicted molar refractivity (Wildman–Crippen MR) is 67.3 cm³/mol. The number of aliphatic hydroxyl groups excluding tert-OH is 1. The van der Waals surface area contributed by atoms with E-state index < -0.39 is 0 Å². The van der Waals surface area contributed by atoms with Gasteiger partial charge in [-0.3, -0.25) is 0 Å². The van der Waals surface area contributed by atoms with Crippen molar-refractivity contribution in [1.29, 1.82) is 0 Å². The van der Waals surface area contributed by atoms with Crippen LogP contribution in [0.2, 0.25) is 0 Å². The topological polar surface area (TPSA) is 20.2 Å². The van der Waals surface area contributed by atoms with Gasteiger partial charge in [0.15, 0.2) is 0 Å². The van der Waals surface area contributed by atoms with Crippen LogP contribution in [0.4, 0.5) is 0 Å². The Morgan fingerprint density at radius 3 is 2.44 bits per heavy atom. The van der Waals surface area contributed by atoms with E-state index in [0.29, 0.717) is 5.92 Å². The van der Waals surface area contributed by atoms with E-state index in [1.807, 2.05) is 6.07 Å². The number of aryl methyl sites for hydroxylation is 1. The lowest BCUT2D eigenvalue weighted by Crippen LogP contribution is -2.23. The molecule has 0 saturated heterocycles. The van der Waals surface area contributed by atoms with Crippen molar-refractivity contribution in [2.24, 2.45) is 5.92 Å². The van der Waals surface area contributed by atoms with Crippen molar-refractivity contribution in [3.63, 3.8) is 0 Å². The molecule has 0 aromatic heterocycles. The highest BCUT2D eigenvalue weighted by Crippen LogP contribution is 2.28. The molecule has 0 unspecified atom stereocenters. The van der Waals surface area contributed by atoms with E-state index >= 15 is 0 Å². The van der Waals surface area contributed by atoms with Crippen molar-refractivity contribution in [1.82, 2.24) is 0 Å². The van der Waals surface area contributed by atoms with Gasteiger partial charge in [-0.05, 0) is 37.2 Å². The maximum absolute atomic E-state index is 10.1. The highest BCUT2D eigenvalue weighted by molar-refractivity contribution is 5.14. The van der Waals surface area contributed by atoms with Crippen molar-refractivity contribution in [2.75, 3.05) is 0 Å². The first kappa shape index (κ1) is 11.7. The molecule has 0 bridgehead atoms. The van der Waals surface area contributed by atoms with Gasteiger partial charge in [0.2, 0.25) is 0 Å². The monoisotopic (exact) mass is 218 g/mol. The van der Waals surface area contributed by atoms with E-state index in [4.69, 9.17) is 0 Å². The minimum Gasteiger partial charge on any atom is -0.393 e. The van der Waals surface area contributed by atoms with Gasteiger partial charge < -0.3 is 5.11 Å². The minimum absolute atomic E-state index is 0.0829. The van der Waals surface area contributed by atoms with Gasteiger partial charge in [-0.2, -0.15) is 0 Å². The smallest absolute Gasteiger partial charge is 0.0571 e. The van der Waals surface area contributed by atoms with Crippen molar-refractivity contribution in [3.05, 3.63) is 35.9 Å².